The highest BCUT2D eigenvalue weighted by Gasteiger charge is 2.01. The Bertz CT molecular complexity index is 267. The van der Waals surface area contributed by atoms with Gasteiger partial charge in [-0.05, 0) is 29.5 Å². The highest BCUT2D eigenvalue weighted by Crippen LogP contribution is 2.05. The van der Waals surface area contributed by atoms with Gasteiger partial charge in [-0.3, -0.25) is 0 Å². The van der Waals surface area contributed by atoms with E-state index >= 15 is 0 Å². The van der Waals surface area contributed by atoms with Gasteiger partial charge in [0, 0.05) is 5.57 Å². The summed E-state index contributed by atoms with van der Waals surface area (Å²) >= 11 is 2.20. The number of hydrogen-bond donors (Lipinski definition) is 0. The van der Waals surface area contributed by atoms with E-state index in [1.165, 1.54) is 5.57 Å². The van der Waals surface area contributed by atoms with Crippen molar-refractivity contribution in [2.45, 2.75) is 6.92 Å². The van der Waals surface area contributed by atoms with E-state index < -0.39 is 0 Å². The Kier molecular flexibility index (Phi) is 2.40. The van der Waals surface area contributed by atoms with E-state index in [0.29, 0.717) is 0 Å². The molecule has 0 N–H and O–H groups in total. The minimum Gasteiger partial charge on any atom is -0.235 e. The zero-order valence-electron chi connectivity index (χ0n) is 5.93. The SMILES string of the molecule is CC1=C[N+](C)=C=CN=C1I. The number of nitrogens with zero attached hydrogens (tertiary/aromatic N) is 2. The predicted octanol–water partition coefficient (Wildman–Crippen LogP) is 1.56. The third-order valence-electron chi connectivity index (χ3n) is 1.15. The lowest BCUT2D eigenvalue weighted by Gasteiger charge is -1.88. The average Bonchev–Trinajstić information content (AvgIpc) is 1.96. The van der Waals surface area contributed by atoms with Gasteiger partial charge in [-0.25, -0.2) is 4.99 Å². The van der Waals surface area contributed by atoms with E-state index in [-0.39, 0.29) is 0 Å². The molecule has 0 aromatic heterocycles. The molecule has 0 amide bonds. The van der Waals surface area contributed by atoms with Crippen LogP contribution in [0, 0.1) is 0 Å². The summed E-state index contributed by atoms with van der Waals surface area (Å²) in [4.78, 5) is 4.11. The summed E-state index contributed by atoms with van der Waals surface area (Å²) in [7, 11) is 1.94. The predicted molar refractivity (Wildman–Crippen MR) is 51.0 cm³/mol. The van der Waals surface area contributed by atoms with Crippen LogP contribution >= 0.6 is 22.6 Å². The summed E-state index contributed by atoms with van der Waals surface area (Å²) in [5.74, 6) is 2.94. The van der Waals surface area contributed by atoms with Crippen LogP contribution in [0.15, 0.2) is 23.0 Å². The van der Waals surface area contributed by atoms with Gasteiger partial charge in [0.15, 0.2) is 12.1 Å². The first kappa shape index (κ1) is 7.69. The van der Waals surface area contributed by atoms with Gasteiger partial charge in [0.05, 0.1) is 0 Å². The molecule has 0 unspecified atom stereocenters. The molecule has 0 radical (unpaired) electrons. The maximum atomic E-state index is 4.11. The molecule has 0 bridgehead atoms. The summed E-state index contributed by atoms with van der Waals surface area (Å²) < 4.78 is 2.89. The van der Waals surface area contributed by atoms with Crippen molar-refractivity contribution in [3.8, 4) is 0 Å². The fourth-order valence-electron chi connectivity index (χ4n) is 0.659. The van der Waals surface area contributed by atoms with Crippen molar-refractivity contribution in [2.75, 3.05) is 7.05 Å². The zero-order valence-corrected chi connectivity index (χ0v) is 8.08. The van der Waals surface area contributed by atoms with Crippen LogP contribution in [-0.4, -0.2) is 21.2 Å². The minimum absolute atomic E-state index is 1.02. The van der Waals surface area contributed by atoms with Gasteiger partial charge in [0.25, 0.3) is 0 Å². The second-order valence-corrected chi connectivity index (χ2v) is 3.12. The van der Waals surface area contributed by atoms with E-state index in [1.807, 2.05) is 24.7 Å². The molecule has 2 nitrogen and oxygen atoms in total. The molecule has 1 rings (SSSR count). The molecule has 0 spiro atoms. The molecule has 3 heteroatoms. The van der Waals surface area contributed by atoms with Gasteiger partial charge < -0.3 is 0 Å². The van der Waals surface area contributed by atoms with Crippen molar-refractivity contribution in [2.24, 2.45) is 4.99 Å². The number of rotatable bonds is 0. The number of hydrogen-bond acceptors (Lipinski definition) is 1. The summed E-state index contributed by atoms with van der Waals surface area (Å²) in [5.41, 5.74) is 1.17. The lowest BCUT2D eigenvalue weighted by atomic mass is 10.4. The molecule has 0 saturated carbocycles. The molecule has 0 atom stereocenters. The second kappa shape index (κ2) is 3.12. The van der Waals surface area contributed by atoms with Crippen molar-refractivity contribution in [1.82, 2.24) is 0 Å². The minimum atomic E-state index is 1.02. The Balaban J connectivity index is 3.08. The van der Waals surface area contributed by atoms with E-state index in [1.54, 1.807) is 6.20 Å². The standard InChI is InChI=1S/C7H8IN2/c1-6-5-10(2)4-3-9-7(6)8/h3,5H,1-2H3/q+1. The smallest absolute Gasteiger partial charge is 0.193 e. The van der Waals surface area contributed by atoms with Crippen molar-refractivity contribution in [3.63, 3.8) is 0 Å². The molecule has 1 aliphatic heterocycles. The van der Waals surface area contributed by atoms with Crippen LogP contribution in [0.5, 0.6) is 0 Å². The van der Waals surface area contributed by atoms with Gasteiger partial charge in [-0.1, -0.05) is 0 Å². The molecule has 0 aromatic rings. The van der Waals surface area contributed by atoms with Gasteiger partial charge in [0.2, 0.25) is 0 Å². The van der Waals surface area contributed by atoms with Gasteiger partial charge >= 0.3 is 0 Å². The summed E-state index contributed by atoms with van der Waals surface area (Å²) in [6, 6.07) is 0. The Hall–Kier alpha value is -0.410. The van der Waals surface area contributed by atoms with Crippen LogP contribution in [-0.2, 0) is 0 Å². The lowest BCUT2D eigenvalue weighted by molar-refractivity contribution is -0.414. The highest BCUT2D eigenvalue weighted by molar-refractivity contribution is 14.1. The average molecular weight is 247 g/mol. The van der Waals surface area contributed by atoms with Crippen LogP contribution in [0.25, 0.3) is 0 Å². The van der Waals surface area contributed by atoms with Crippen molar-refractivity contribution < 1.29 is 4.58 Å². The quantitative estimate of drug-likeness (QED) is 0.456. The lowest BCUT2D eigenvalue weighted by Crippen LogP contribution is -1.94. The first-order chi connectivity index (χ1) is 4.70. The fourth-order valence-corrected chi connectivity index (χ4v) is 0.938. The second-order valence-electron chi connectivity index (χ2n) is 2.10. The molecule has 1 heterocycles. The number of allylic oxidation sites excluding steroid dienone is 1. The van der Waals surface area contributed by atoms with Crippen LogP contribution < -0.4 is 0 Å². The molecular formula is C7H8IN2+. The normalized spacial score (nSPS) is 17.3. The zero-order chi connectivity index (χ0) is 7.56. The van der Waals surface area contributed by atoms with Crippen LogP contribution in [0.3, 0.4) is 0 Å². The van der Waals surface area contributed by atoms with Gasteiger partial charge in [-0.2, -0.15) is 4.58 Å². The topological polar surface area (TPSA) is 15.4 Å². The Morgan fingerprint density at radius 1 is 1.70 bits per heavy atom. The largest absolute Gasteiger partial charge is 0.235 e. The van der Waals surface area contributed by atoms with Gasteiger partial charge in [-0.15, -0.1) is 0 Å². The molecule has 52 valence electrons. The summed E-state index contributed by atoms with van der Waals surface area (Å²) in [5, 5.41) is 0. The van der Waals surface area contributed by atoms with E-state index in [4.69, 9.17) is 0 Å². The molecule has 1 aliphatic rings. The Morgan fingerprint density at radius 3 is 3.10 bits per heavy atom. The molecule has 0 aliphatic carbocycles. The highest BCUT2D eigenvalue weighted by atomic mass is 127. The summed E-state index contributed by atoms with van der Waals surface area (Å²) in [6.07, 6.45) is 3.67. The molecule has 0 aromatic carbocycles. The van der Waals surface area contributed by atoms with Crippen molar-refractivity contribution in [3.05, 3.63) is 18.0 Å². The van der Waals surface area contributed by atoms with Crippen LogP contribution in [0.2, 0.25) is 0 Å². The first-order valence-electron chi connectivity index (χ1n) is 2.93. The summed E-state index contributed by atoms with van der Waals surface area (Å²) in [6.45, 7) is 2.03. The molecular weight excluding hydrogens is 239 g/mol. The monoisotopic (exact) mass is 247 g/mol. The van der Waals surface area contributed by atoms with E-state index in [0.717, 1.165) is 3.72 Å². The maximum absolute atomic E-state index is 4.11. The Morgan fingerprint density at radius 2 is 2.40 bits per heavy atom. The molecule has 10 heavy (non-hydrogen) atoms. The fraction of sp³-hybridized carbons (Fsp3) is 0.286. The maximum Gasteiger partial charge on any atom is 0.193 e. The Labute approximate surface area is 73.8 Å². The van der Waals surface area contributed by atoms with Crippen LogP contribution in [0.4, 0.5) is 0 Å². The molecule has 0 fully saturated rings. The third-order valence-corrected chi connectivity index (χ3v) is 2.28. The van der Waals surface area contributed by atoms with Crippen molar-refractivity contribution >= 4 is 32.2 Å². The van der Waals surface area contributed by atoms with Crippen molar-refractivity contribution in [1.29, 1.82) is 0 Å². The number of halogens is 1. The first-order valence-corrected chi connectivity index (χ1v) is 4.01. The third kappa shape index (κ3) is 1.78. The molecule has 0 saturated heterocycles. The van der Waals surface area contributed by atoms with E-state index in [2.05, 4.69) is 33.5 Å². The van der Waals surface area contributed by atoms with E-state index in [9.17, 15) is 0 Å². The number of aliphatic imine (C=N–C) groups is 1. The van der Waals surface area contributed by atoms with Gasteiger partial charge in [0.1, 0.15) is 17.0 Å². The van der Waals surface area contributed by atoms with Crippen LogP contribution in [0.1, 0.15) is 6.92 Å².